The average Bonchev–Trinajstić information content (AvgIpc) is 3.04. The quantitative estimate of drug-likeness (QED) is 0.545. The van der Waals surface area contributed by atoms with Crippen molar-refractivity contribution in [2.45, 2.75) is 38.6 Å². The lowest BCUT2D eigenvalue weighted by Gasteiger charge is -2.36. The van der Waals surface area contributed by atoms with Gasteiger partial charge in [-0.05, 0) is 54.5 Å². The summed E-state index contributed by atoms with van der Waals surface area (Å²) in [6.07, 6.45) is 7.81. The Labute approximate surface area is 189 Å². The number of piperazine rings is 1. The average molecular weight is 437 g/mol. The lowest BCUT2D eigenvalue weighted by atomic mass is 10.00. The summed E-state index contributed by atoms with van der Waals surface area (Å²) in [5.74, 6) is -2.51. The van der Waals surface area contributed by atoms with E-state index in [4.69, 9.17) is 10.2 Å². The number of para-hydroxylation sites is 1. The van der Waals surface area contributed by atoms with Crippen molar-refractivity contribution in [1.82, 2.24) is 4.90 Å². The molecule has 0 saturated carbocycles. The normalized spacial score (nSPS) is 16.6. The summed E-state index contributed by atoms with van der Waals surface area (Å²) < 4.78 is 0. The SMILES string of the molecule is O=C(O)/C=C/C(=O)O.c1ccc(N2CCN(Cc3ccc4c(c3)CCCCC4)CC2)cc1. The van der Waals surface area contributed by atoms with Crippen LogP contribution in [-0.2, 0) is 29.0 Å². The molecule has 2 aromatic rings. The third-order valence-electron chi connectivity index (χ3n) is 5.93. The summed E-state index contributed by atoms with van der Waals surface area (Å²) >= 11 is 0. The van der Waals surface area contributed by atoms with E-state index in [1.54, 1.807) is 11.1 Å². The molecular formula is C26H32N2O4. The predicted octanol–water partition coefficient (Wildman–Crippen LogP) is 3.99. The van der Waals surface area contributed by atoms with Crippen molar-refractivity contribution in [1.29, 1.82) is 0 Å². The predicted molar refractivity (Wildman–Crippen MR) is 126 cm³/mol. The minimum atomic E-state index is -1.26. The summed E-state index contributed by atoms with van der Waals surface area (Å²) in [6.45, 7) is 5.69. The monoisotopic (exact) mass is 436 g/mol. The van der Waals surface area contributed by atoms with Crippen molar-refractivity contribution in [3.8, 4) is 0 Å². The Morgan fingerprint density at radius 3 is 2.03 bits per heavy atom. The van der Waals surface area contributed by atoms with E-state index in [9.17, 15) is 9.59 Å². The summed E-state index contributed by atoms with van der Waals surface area (Å²) in [6, 6.07) is 18.1. The van der Waals surface area contributed by atoms with Gasteiger partial charge in [0.1, 0.15) is 0 Å². The van der Waals surface area contributed by atoms with Gasteiger partial charge in [-0.3, -0.25) is 4.90 Å². The van der Waals surface area contributed by atoms with Gasteiger partial charge in [0, 0.05) is 50.6 Å². The summed E-state index contributed by atoms with van der Waals surface area (Å²) in [4.78, 5) is 24.2. The Morgan fingerprint density at radius 2 is 1.41 bits per heavy atom. The fourth-order valence-corrected chi connectivity index (χ4v) is 4.27. The number of nitrogens with zero attached hydrogens (tertiary/aromatic N) is 2. The molecule has 0 spiro atoms. The second-order valence-corrected chi connectivity index (χ2v) is 8.27. The van der Waals surface area contributed by atoms with Crippen LogP contribution in [0.5, 0.6) is 0 Å². The largest absolute Gasteiger partial charge is 0.478 e. The molecular weight excluding hydrogens is 404 g/mol. The van der Waals surface area contributed by atoms with Gasteiger partial charge in [-0.2, -0.15) is 0 Å². The molecule has 2 aliphatic rings. The van der Waals surface area contributed by atoms with Gasteiger partial charge in [-0.1, -0.05) is 42.8 Å². The molecule has 2 aromatic carbocycles. The van der Waals surface area contributed by atoms with Gasteiger partial charge in [-0.25, -0.2) is 9.59 Å². The number of carboxylic acids is 2. The van der Waals surface area contributed by atoms with Crippen molar-refractivity contribution in [3.63, 3.8) is 0 Å². The number of hydrogen-bond donors (Lipinski definition) is 2. The van der Waals surface area contributed by atoms with Crippen molar-refractivity contribution >= 4 is 17.6 Å². The molecule has 6 heteroatoms. The van der Waals surface area contributed by atoms with Crippen molar-refractivity contribution < 1.29 is 19.8 Å². The molecule has 6 nitrogen and oxygen atoms in total. The maximum atomic E-state index is 9.55. The van der Waals surface area contributed by atoms with Crippen LogP contribution >= 0.6 is 0 Å². The molecule has 32 heavy (non-hydrogen) atoms. The molecule has 0 unspecified atom stereocenters. The van der Waals surface area contributed by atoms with E-state index in [0.29, 0.717) is 12.2 Å². The molecule has 2 N–H and O–H groups in total. The van der Waals surface area contributed by atoms with E-state index in [1.807, 2.05) is 0 Å². The van der Waals surface area contributed by atoms with E-state index in [2.05, 4.69) is 58.3 Å². The van der Waals surface area contributed by atoms with Crippen LogP contribution < -0.4 is 4.90 Å². The Hall–Kier alpha value is -3.12. The number of carboxylic acid groups (broad SMARTS) is 2. The van der Waals surface area contributed by atoms with Crippen LogP contribution in [0.15, 0.2) is 60.7 Å². The minimum absolute atomic E-state index is 0.558. The molecule has 0 bridgehead atoms. The second kappa shape index (κ2) is 12.1. The van der Waals surface area contributed by atoms with Crippen LogP contribution in [0, 0.1) is 0 Å². The standard InChI is InChI=1S/C22H28N2.C4H4O4/c1-3-7-20-12-11-19(17-21(20)8-4-1)18-23-13-15-24(16-14-23)22-9-5-2-6-10-22;5-3(6)1-2-4(7)8/h2,5-6,9-12,17H,1,3-4,7-8,13-16,18H2;1-2H,(H,5,6)(H,7,8)/b;2-1+. The lowest BCUT2D eigenvalue weighted by molar-refractivity contribution is -0.134. The smallest absolute Gasteiger partial charge is 0.328 e. The molecule has 1 aliphatic heterocycles. The maximum Gasteiger partial charge on any atom is 0.328 e. The first kappa shape index (κ1) is 23.5. The highest BCUT2D eigenvalue weighted by molar-refractivity contribution is 5.89. The van der Waals surface area contributed by atoms with Gasteiger partial charge in [0.2, 0.25) is 0 Å². The van der Waals surface area contributed by atoms with Crippen LogP contribution in [0.2, 0.25) is 0 Å². The van der Waals surface area contributed by atoms with Crippen LogP contribution in [0.25, 0.3) is 0 Å². The highest BCUT2D eigenvalue weighted by Crippen LogP contribution is 2.23. The highest BCUT2D eigenvalue weighted by Gasteiger charge is 2.17. The van der Waals surface area contributed by atoms with Gasteiger partial charge >= 0.3 is 11.9 Å². The Kier molecular flexibility index (Phi) is 8.87. The van der Waals surface area contributed by atoms with Crippen LogP contribution in [-0.4, -0.2) is 53.2 Å². The number of aryl methyl sites for hydroxylation is 2. The summed E-state index contributed by atoms with van der Waals surface area (Å²) in [5, 5.41) is 15.6. The molecule has 1 aliphatic carbocycles. The summed E-state index contributed by atoms with van der Waals surface area (Å²) in [5.41, 5.74) is 6.09. The fraction of sp³-hybridized carbons (Fsp3) is 0.385. The maximum absolute atomic E-state index is 9.55. The topological polar surface area (TPSA) is 81.1 Å². The molecule has 4 rings (SSSR count). The fourth-order valence-electron chi connectivity index (χ4n) is 4.27. The second-order valence-electron chi connectivity index (χ2n) is 8.27. The number of rotatable bonds is 5. The molecule has 0 amide bonds. The van der Waals surface area contributed by atoms with Crippen molar-refractivity contribution in [3.05, 3.63) is 77.4 Å². The first-order chi connectivity index (χ1) is 15.5. The van der Waals surface area contributed by atoms with Gasteiger partial charge in [0.25, 0.3) is 0 Å². The third-order valence-corrected chi connectivity index (χ3v) is 5.93. The highest BCUT2D eigenvalue weighted by atomic mass is 16.4. The minimum Gasteiger partial charge on any atom is -0.478 e. The number of carbonyl (C=O) groups is 2. The first-order valence-corrected chi connectivity index (χ1v) is 11.3. The van der Waals surface area contributed by atoms with Gasteiger partial charge in [-0.15, -0.1) is 0 Å². The Morgan fingerprint density at radius 1 is 0.781 bits per heavy atom. The molecule has 170 valence electrons. The zero-order valence-corrected chi connectivity index (χ0v) is 18.4. The zero-order valence-electron chi connectivity index (χ0n) is 18.4. The first-order valence-electron chi connectivity index (χ1n) is 11.3. The van der Waals surface area contributed by atoms with E-state index in [-0.39, 0.29) is 0 Å². The van der Waals surface area contributed by atoms with Gasteiger partial charge in [0.05, 0.1) is 0 Å². The number of aliphatic carboxylic acids is 2. The van der Waals surface area contributed by atoms with E-state index >= 15 is 0 Å². The summed E-state index contributed by atoms with van der Waals surface area (Å²) in [7, 11) is 0. The molecule has 1 fully saturated rings. The number of fused-ring (bicyclic) bond motifs is 1. The van der Waals surface area contributed by atoms with E-state index in [0.717, 1.165) is 32.7 Å². The number of benzene rings is 2. The van der Waals surface area contributed by atoms with E-state index in [1.165, 1.54) is 43.4 Å². The molecule has 0 radical (unpaired) electrons. The Bertz CT molecular complexity index is 903. The third kappa shape index (κ3) is 7.54. The van der Waals surface area contributed by atoms with Crippen LogP contribution in [0.1, 0.15) is 36.0 Å². The molecule has 0 aromatic heterocycles. The molecule has 1 saturated heterocycles. The molecule has 0 atom stereocenters. The van der Waals surface area contributed by atoms with E-state index < -0.39 is 11.9 Å². The Balaban J connectivity index is 0.000000312. The number of hydrogen-bond acceptors (Lipinski definition) is 4. The van der Waals surface area contributed by atoms with Gasteiger partial charge in [0.15, 0.2) is 0 Å². The number of anilines is 1. The van der Waals surface area contributed by atoms with Crippen LogP contribution in [0.4, 0.5) is 5.69 Å². The van der Waals surface area contributed by atoms with Gasteiger partial charge < -0.3 is 15.1 Å². The van der Waals surface area contributed by atoms with Crippen LogP contribution in [0.3, 0.4) is 0 Å². The van der Waals surface area contributed by atoms with Crippen molar-refractivity contribution in [2.75, 3.05) is 31.1 Å². The lowest BCUT2D eigenvalue weighted by Crippen LogP contribution is -2.45. The van der Waals surface area contributed by atoms with Crippen molar-refractivity contribution in [2.24, 2.45) is 0 Å². The molecule has 1 heterocycles. The zero-order chi connectivity index (χ0) is 22.8.